The van der Waals surface area contributed by atoms with Crippen LogP contribution < -0.4 is 11.7 Å². The summed E-state index contributed by atoms with van der Waals surface area (Å²) in [5, 5.41) is 0. The van der Waals surface area contributed by atoms with Gasteiger partial charge < -0.3 is 0 Å². The Bertz CT molecular complexity index is 214. The molecule has 2 bridgehead atoms. The van der Waals surface area contributed by atoms with Gasteiger partial charge in [-0.15, -0.1) is 11.7 Å². The van der Waals surface area contributed by atoms with Crippen molar-refractivity contribution in [2.75, 3.05) is 7.11 Å². The van der Waals surface area contributed by atoms with Crippen LogP contribution >= 0.6 is 0 Å². The standard InChI is InChI=1S/C8H16N3O/c1-12-11(9,10)8-5-6-2-3-7(8)4-6/h2-3,6-8H,4-5,9-10H2,1H3/q+1. The van der Waals surface area contributed by atoms with E-state index in [4.69, 9.17) is 16.5 Å². The molecule has 1 saturated carbocycles. The van der Waals surface area contributed by atoms with Crippen LogP contribution in [0.5, 0.6) is 0 Å². The predicted octanol–water partition coefficient (Wildman–Crippen LogP) is 0.0766. The molecule has 3 atom stereocenters. The normalized spacial score (nSPS) is 39.4. The number of nitrogens with zero attached hydrogens (tertiary/aromatic N) is 1. The van der Waals surface area contributed by atoms with E-state index in [0.717, 1.165) is 6.42 Å². The largest absolute Gasteiger partial charge is 0.165 e. The molecule has 2 aliphatic carbocycles. The Morgan fingerprint density at radius 1 is 1.33 bits per heavy atom. The van der Waals surface area contributed by atoms with Crippen molar-refractivity contribution in [1.29, 1.82) is 0 Å². The number of quaternary nitrogens is 1. The number of hydroxylamine groups is 1. The van der Waals surface area contributed by atoms with Crippen LogP contribution in [0.1, 0.15) is 12.8 Å². The van der Waals surface area contributed by atoms with Crippen molar-refractivity contribution >= 4 is 0 Å². The van der Waals surface area contributed by atoms with Gasteiger partial charge in [-0.2, -0.15) is 4.84 Å². The molecule has 2 rings (SSSR count). The minimum absolute atomic E-state index is 0.241. The fraction of sp³-hybridized carbons (Fsp3) is 0.750. The fourth-order valence-corrected chi connectivity index (χ4v) is 2.35. The molecule has 4 heteroatoms. The van der Waals surface area contributed by atoms with Crippen molar-refractivity contribution in [3.63, 3.8) is 0 Å². The lowest BCUT2D eigenvalue weighted by molar-refractivity contribution is -1.14. The molecule has 12 heavy (non-hydrogen) atoms. The van der Waals surface area contributed by atoms with Gasteiger partial charge in [0.1, 0.15) is 7.11 Å². The van der Waals surface area contributed by atoms with Crippen molar-refractivity contribution in [1.82, 2.24) is 0 Å². The number of fused-ring (bicyclic) bond motifs is 2. The second-order valence-electron chi connectivity index (χ2n) is 3.79. The second-order valence-corrected chi connectivity index (χ2v) is 3.79. The van der Waals surface area contributed by atoms with Gasteiger partial charge in [-0.1, -0.05) is 12.2 Å². The lowest BCUT2D eigenvalue weighted by Gasteiger charge is -2.31. The highest BCUT2D eigenvalue weighted by atomic mass is 16.8. The van der Waals surface area contributed by atoms with Gasteiger partial charge in [-0.05, 0) is 17.2 Å². The lowest BCUT2D eigenvalue weighted by Crippen LogP contribution is -2.66. The van der Waals surface area contributed by atoms with Crippen LogP contribution in [0.15, 0.2) is 12.2 Å². The average molecular weight is 170 g/mol. The third-order valence-electron chi connectivity index (χ3n) is 3.08. The quantitative estimate of drug-likeness (QED) is 0.267. The van der Waals surface area contributed by atoms with Crippen molar-refractivity contribution in [2.45, 2.75) is 18.9 Å². The molecule has 2 aliphatic rings. The van der Waals surface area contributed by atoms with E-state index in [0.29, 0.717) is 11.8 Å². The van der Waals surface area contributed by atoms with Crippen molar-refractivity contribution in [3.8, 4) is 0 Å². The number of nitrogens with two attached hydrogens (primary N) is 2. The van der Waals surface area contributed by atoms with Crippen LogP contribution in [0.4, 0.5) is 0 Å². The topological polar surface area (TPSA) is 61.3 Å². The minimum Gasteiger partial charge on any atom is -0.164 e. The monoisotopic (exact) mass is 170 g/mol. The summed E-state index contributed by atoms with van der Waals surface area (Å²) in [4.78, 5) is 4.75. The van der Waals surface area contributed by atoms with Gasteiger partial charge in [-0.3, -0.25) is 0 Å². The maximum absolute atomic E-state index is 5.77. The molecular weight excluding hydrogens is 154 g/mol. The van der Waals surface area contributed by atoms with E-state index in [1.54, 1.807) is 7.11 Å². The van der Waals surface area contributed by atoms with Crippen LogP contribution in [0, 0.1) is 11.8 Å². The molecule has 1 fully saturated rings. The zero-order valence-electron chi connectivity index (χ0n) is 7.31. The van der Waals surface area contributed by atoms with E-state index >= 15 is 0 Å². The van der Waals surface area contributed by atoms with Gasteiger partial charge in [0, 0.05) is 12.3 Å². The highest BCUT2D eigenvalue weighted by Gasteiger charge is 2.47. The Morgan fingerprint density at radius 2 is 2.08 bits per heavy atom. The molecule has 0 aromatic heterocycles. The van der Waals surface area contributed by atoms with Gasteiger partial charge in [0.15, 0.2) is 6.04 Å². The van der Waals surface area contributed by atoms with Gasteiger partial charge in [0.25, 0.3) is 0 Å². The first kappa shape index (κ1) is 8.19. The predicted molar refractivity (Wildman–Crippen MR) is 44.8 cm³/mol. The molecule has 0 saturated heterocycles. The summed E-state index contributed by atoms with van der Waals surface area (Å²) in [5.74, 6) is 12.7. The Kier molecular flexibility index (Phi) is 1.73. The average Bonchev–Trinajstić information content (AvgIpc) is 2.64. The first-order valence-corrected chi connectivity index (χ1v) is 4.33. The van der Waals surface area contributed by atoms with E-state index in [1.807, 2.05) is 0 Å². The molecule has 0 aromatic carbocycles. The third kappa shape index (κ3) is 1.08. The maximum atomic E-state index is 5.77. The molecular formula is C8H16N3O+. The molecule has 68 valence electrons. The molecule has 3 unspecified atom stereocenters. The molecule has 0 spiro atoms. The molecule has 0 heterocycles. The van der Waals surface area contributed by atoms with Crippen LogP contribution in [-0.2, 0) is 4.84 Å². The Morgan fingerprint density at radius 3 is 2.50 bits per heavy atom. The SMILES string of the molecule is CO[N+](N)(N)C1CC2C=CC1C2. The molecule has 0 amide bonds. The number of hydrogen-bond donors (Lipinski definition) is 2. The van der Waals surface area contributed by atoms with Gasteiger partial charge in [0.05, 0.1) is 0 Å². The first-order chi connectivity index (χ1) is 5.63. The lowest BCUT2D eigenvalue weighted by atomic mass is 10.0. The van der Waals surface area contributed by atoms with Crippen LogP contribution in [0.3, 0.4) is 0 Å². The summed E-state index contributed by atoms with van der Waals surface area (Å²) in [5.41, 5.74) is 0. The van der Waals surface area contributed by atoms with E-state index in [9.17, 15) is 0 Å². The Hall–Kier alpha value is -0.420. The van der Waals surface area contributed by atoms with E-state index in [-0.39, 0.29) is 10.9 Å². The number of allylic oxidation sites excluding steroid dienone is 1. The molecule has 0 aliphatic heterocycles. The maximum Gasteiger partial charge on any atom is 0.165 e. The number of rotatable bonds is 2. The van der Waals surface area contributed by atoms with E-state index in [1.165, 1.54) is 6.42 Å². The zero-order valence-corrected chi connectivity index (χ0v) is 7.31. The van der Waals surface area contributed by atoms with Gasteiger partial charge >= 0.3 is 0 Å². The highest BCUT2D eigenvalue weighted by Crippen LogP contribution is 2.41. The number of hydrogen-bond acceptors (Lipinski definition) is 3. The molecule has 4 N–H and O–H groups in total. The minimum atomic E-state index is -0.286. The summed E-state index contributed by atoms with van der Waals surface area (Å²) in [6.07, 6.45) is 6.73. The summed E-state index contributed by atoms with van der Waals surface area (Å²) in [7, 11) is 1.55. The molecule has 4 nitrogen and oxygen atoms in total. The van der Waals surface area contributed by atoms with E-state index < -0.39 is 0 Å². The van der Waals surface area contributed by atoms with Crippen molar-refractivity contribution in [2.24, 2.45) is 23.5 Å². The molecule has 0 radical (unpaired) electrons. The smallest absolute Gasteiger partial charge is 0.164 e. The van der Waals surface area contributed by atoms with E-state index in [2.05, 4.69) is 12.2 Å². The van der Waals surface area contributed by atoms with Crippen LogP contribution in [0.25, 0.3) is 0 Å². The zero-order chi connectivity index (χ0) is 8.77. The summed E-state index contributed by atoms with van der Waals surface area (Å²) in [6.45, 7) is 0. The van der Waals surface area contributed by atoms with Gasteiger partial charge in [0.2, 0.25) is 0 Å². The summed E-state index contributed by atoms with van der Waals surface area (Å²) < 4.78 is 0. The molecule has 0 aromatic rings. The highest BCUT2D eigenvalue weighted by molar-refractivity contribution is 5.10. The van der Waals surface area contributed by atoms with Gasteiger partial charge in [-0.25, -0.2) is 0 Å². The van der Waals surface area contributed by atoms with Crippen molar-refractivity contribution in [3.05, 3.63) is 12.2 Å². The first-order valence-electron chi connectivity index (χ1n) is 4.33. The fourth-order valence-electron chi connectivity index (χ4n) is 2.35. The second kappa shape index (κ2) is 2.53. The van der Waals surface area contributed by atoms with Crippen LogP contribution in [0.2, 0.25) is 0 Å². The third-order valence-corrected chi connectivity index (χ3v) is 3.08. The van der Waals surface area contributed by atoms with Crippen LogP contribution in [-0.4, -0.2) is 18.0 Å². The Balaban J connectivity index is 2.12. The Labute approximate surface area is 72.3 Å². The van der Waals surface area contributed by atoms with Crippen molar-refractivity contribution < 1.29 is 9.70 Å². The summed E-state index contributed by atoms with van der Waals surface area (Å²) >= 11 is 0. The summed E-state index contributed by atoms with van der Waals surface area (Å²) in [6, 6.07) is 0.241.